The van der Waals surface area contributed by atoms with Crippen molar-refractivity contribution in [2.45, 2.75) is 90.4 Å². The van der Waals surface area contributed by atoms with Crippen molar-refractivity contribution >= 4 is 34.8 Å². The van der Waals surface area contributed by atoms with E-state index in [1.165, 1.54) is 11.1 Å². The summed E-state index contributed by atoms with van der Waals surface area (Å²) in [6, 6.07) is 14.4. The maximum absolute atomic E-state index is 14.2. The number of ether oxygens (including phenoxy) is 2. The third-order valence-corrected chi connectivity index (χ3v) is 8.28. The molecule has 3 aromatic rings. The van der Waals surface area contributed by atoms with E-state index in [1.54, 1.807) is 57.0 Å². The SMILES string of the molecule is CC(C)CC(C(=O)N1CCCCC1C(=O)NC(COc1cnc2ccccc2c1C(=O)O)Cc1ccccc1)N(C)C(=O)OC(C)(C)C. The second kappa shape index (κ2) is 16.0. The minimum Gasteiger partial charge on any atom is -0.489 e. The Morgan fingerprint density at radius 2 is 1.73 bits per heavy atom. The fourth-order valence-corrected chi connectivity index (χ4v) is 5.98. The number of pyridine rings is 1. The Morgan fingerprint density at radius 3 is 2.40 bits per heavy atom. The van der Waals surface area contributed by atoms with Gasteiger partial charge in [-0.15, -0.1) is 0 Å². The first-order chi connectivity index (χ1) is 22.7. The van der Waals surface area contributed by atoms with Crippen LogP contribution in [0.25, 0.3) is 10.9 Å². The second-order valence-corrected chi connectivity index (χ2v) is 13.8. The number of rotatable bonds is 12. The molecule has 48 heavy (non-hydrogen) atoms. The number of amides is 3. The molecule has 1 saturated heterocycles. The molecule has 3 unspecified atom stereocenters. The third-order valence-electron chi connectivity index (χ3n) is 8.28. The van der Waals surface area contributed by atoms with Crippen LogP contribution in [0.15, 0.2) is 60.8 Å². The predicted octanol–water partition coefficient (Wildman–Crippen LogP) is 5.70. The van der Waals surface area contributed by atoms with E-state index < -0.39 is 35.8 Å². The summed E-state index contributed by atoms with van der Waals surface area (Å²) >= 11 is 0. The van der Waals surface area contributed by atoms with Gasteiger partial charge in [0.25, 0.3) is 0 Å². The molecular formula is C37H48N4O7. The van der Waals surface area contributed by atoms with Gasteiger partial charge in [-0.1, -0.05) is 62.4 Å². The molecule has 1 fully saturated rings. The molecule has 258 valence electrons. The molecule has 4 rings (SSSR count). The van der Waals surface area contributed by atoms with Gasteiger partial charge in [-0.05, 0) is 70.4 Å². The molecule has 2 aromatic carbocycles. The Kier molecular flexibility index (Phi) is 12.0. The molecule has 0 saturated carbocycles. The van der Waals surface area contributed by atoms with Gasteiger partial charge >= 0.3 is 12.1 Å². The van der Waals surface area contributed by atoms with Crippen LogP contribution in [-0.4, -0.2) is 87.7 Å². The molecule has 2 heterocycles. The lowest BCUT2D eigenvalue weighted by atomic mass is 9.96. The van der Waals surface area contributed by atoms with E-state index in [0.717, 1.165) is 18.4 Å². The average Bonchev–Trinajstić information content (AvgIpc) is 3.04. The number of para-hydroxylation sites is 1. The van der Waals surface area contributed by atoms with Crippen LogP contribution in [0.1, 0.15) is 76.2 Å². The van der Waals surface area contributed by atoms with Crippen LogP contribution in [-0.2, 0) is 20.7 Å². The Balaban J connectivity index is 1.57. The van der Waals surface area contributed by atoms with E-state index in [0.29, 0.717) is 36.7 Å². The summed E-state index contributed by atoms with van der Waals surface area (Å²) in [6.45, 7) is 9.65. The Bertz CT molecular complexity index is 1590. The number of likely N-dealkylation sites (tertiary alicyclic amines) is 1. The minimum atomic E-state index is -1.14. The smallest absolute Gasteiger partial charge is 0.410 e. The van der Waals surface area contributed by atoms with Crippen LogP contribution < -0.4 is 10.1 Å². The maximum atomic E-state index is 14.2. The molecule has 3 amide bonds. The lowest BCUT2D eigenvalue weighted by Crippen LogP contribution is -2.59. The Labute approximate surface area is 282 Å². The van der Waals surface area contributed by atoms with Crippen LogP contribution >= 0.6 is 0 Å². The number of likely N-dealkylation sites (N-methyl/N-ethyl adjacent to an activating group) is 1. The summed E-state index contributed by atoms with van der Waals surface area (Å²) < 4.78 is 11.7. The number of fused-ring (bicyclic) bond motifs is 1. The number of nitrogens with zero attached hydrogens (tertiary/aromatic N) is 3. The first-order valence-electron chi connectivity index (χ1n) is 16.6. The number of aromatic carboxylic acids is 1. The summed E-state index contributed by atoms with van der Waals surface area (Å²) in [5.74, 6) is -1.55. The Morgan fingerprint density at radius 1 is 1.04 bits per heavy atom. The van der Waals surface area contributed by atoms with Crippen molar-refractivity contribution in [2.24, 2.45) is 5.92 Å². The maximum Gasteiger partial charge on any atom is 0.410 e. The van der Waals surface area contributed by atoms with Gasteiger partial charge < -0.3 is 24.8 Å². The molecule has 1 aliphatic heterocycles. The monoisotopic (exact) mass is 660 g/mol. The molecule has 0 spiro atoms. The number of aromatic nitrogens is 1. The number of carboxylic acid groups (broad SMARTS) is 1. The molecule has 11 heteroatoms. The number of carboxylic acids is 1. The first-order valence-corrected chi connectivity index (χ1v) is 16.6. The molecule has 0 bridgehead atoms. The number of piperidine rings is 1. The van der Waals surface area contributed by atoms with E-state index in [4.69, 9.17) is 9.47 Å². The van der Waals surface area contributed by atoms with Gasteiger partial charge in [-0.3, -0.25) is 19.5 Å². The van der Waals surface area contributed by atoms with E-state index >= 15 is 0 Å². The highest BCUT2D eigenvalue weighted by Crippen LogP contribution is 2.27. The topological polar surface area (TPSA) is 138 Å². The van der Waals surface area contributed by atoms with Gasteiger partial charge in [-0.25, -0.2) is 9.59 Å². The van der Waals surface area contributed by atoms with Crippen LogP contribution in [0.4, 0.5) is 4.79 Å². The van der Waals surface area contributed by atoms with Crippen molar-refractivity contribution in [3.8, 4) is 5.75 Å². The number of benzene rings is 2. The summed E-state index contributed by atoms with van der Waals surface area (Å²) in [4.78, 5) is 60.8. The van der Waals surface area contributed by atoms with Crippen LogP contribution in [0.5, 0.6) is 5.75 Å². The standard InChI is InChI=1S/C37H48N4O7/c1-24(2)20-30(40(6)36(46)48-37(3,4)5)34(43)41-19-13-12-18-29(41)33(42)39-26(21-25-14-8-7-9-15-25)23-47-31-22-38-28-17-11-10-16-27(28)32(31)35(44)45/h7-11,14-17,22,24,26,29-30H,12-13,18-21,23H2,1-6H3,(H,39,42)(H,44,45). The minimum absolute atomic E-state index is 0.000239. The zero-order chi connectivity index (χ0) is 35.0. The fraction of sp³-hybridized carbons (Fsp3) is 0.486. The largest absolute Gasteiger partial charge is 0.489 e. The first kappa shape index (κ1) is 36.2. The van der Waals surface area contributed by atoms with Gasteiger partial charge in [0.1, 0.15) is 29.9 Å². The van der Waals surface area contributed by atoms with Crippen molar-refractivity contribution in [1.29, 1.82) is 0 Å². The highest BCUT2D eigenvalue weighted by Gasteiger charge is 2.39. The number of carbonyl (C=O) groups is 4. The van der Waals surface area contributed by atoms with Gasteiger partial charge in [-0.2, -0.15) is 0 Å². The summed E-state index contributed by atoms with van der Waals surface area (Å²) in [6.07, 6.45) is 3.60. The lowest BCUT2D eigenvalue weighted by molar-refractivity contribution is -0.146. The Hall–Kier alpha value is -4.67. The molecule has 3 atom stereocenters. The number of nitrogens with one attached hydrogen (secondary N) is 1. The van der Waals surface area contributed by atoms with Gasteiger partial charge in [0, 0.05) is 19.0 Å². The fourth-order valence-electron chi connectivity index (χ4n) is 5.98. The van der Waals surface area contributed by atoms with Crippen LogP contribution in [0.3, 0.4) is 0 Å². The molecule has 0 radical (unpaired) electrons. The van der Waals surface area contributed by atoms with Crippen molar-refractivity contribution in [2.75, 3.05) is 20.2 Å². The molecular weight excluding hydrogens is 612 g/mol. The van der Waals surface area contributed by atoms with E-state index in [9.17, 15) is 24.3 Å². The zero-order valence-corrected chi connectivity index (χ0v) is 28.8. The molecule has 0 aliphatic carbocycles. The predicted molar refractivity (Wildman–Crippen MR) is 183 cm³/mol. The van der Waals surface area contributed by atoms with Gasteiger partial charge in [0.05, 0.1) is 17.8 Å². The van der Waals surface area contributed by atoms with E-state index in [2.05, 4.69) is 10.3 Å². The van der Waals surface area contributed by atoms with E-state index in [-0.39, 0.29) is 35.7 Å². The van der Waals surface area contributed by atoms with Crippen LogP contribution in [0.2, 0.25) is 0 Å². The van der Waals surface area contributed by atoms with Gasteiger partial charge in [0.15, 0.2) is 5.75 Å². The molecule has 1 aromatic heterocycles. The summed E-state index contributed by atoms with van der Waals surface area (Å²) in [5.41, 5.74) is 0.759. The lowest BCUT2D eigenvalue weighted by Gasteiger charge is -2.40. The highest BCUT2D eigenvalue weighted by atomic mass is 16.6. The van der Waals surface area contributed by atoms with Crippen molar-refractivity contribution in [3.63, 3.8) is 0 Å². The number of hydrogen-bond donors (Lipinski definition) is 2. The molecule has 1 aliphatic rings. The van der Waals surface area contributed by atoms with Crippen molar-refractivity contribution in [1.82, 2.24) is 20.1 Å². The normalized spacial score (nSPS) is 16.2. The second-order valence-electron chi connectivity index (χ2n) is 13.8. The quantitative estimate of drug-likeness (QED) is 0.252. The van der Waals surface area contributed by atoms with Crippen molar-refractivity contribution < 1.29 is 33.8 Å². The average molecular weight is 661 g/mol. The van der Waals surface area contributed by atoms with E-state index in [1.807, 2.05) is 44.2 Å². The van der Waals surface area contributed by atoms with Crippen molar-refractivity contribution in [3.05, 3.63) is 71.9 Å². The van der Waals surface area contributed by atoms with Crippen LogP contribution in [0, 0.1) is 5.92 Å². The summed E-state index contributed by atoms with van der Waals surface area (Å²) in [7, 11) is 1.57. The van der Waals surface area contributed by atoms with Gasteiger partial charge in [0.2, 0.25) is 11.8 Å². The number of hydrogen-bond acceptors (Lipinski definition) is 7. The molecule has 11 nitrogen and oxygen atoms in total. The third kappa shape index (κ3) is 9.45. The zero-order valence-electron chi connectivity index (χ0n) is 28.8. The number of carbonyl (C=O) groups excluding carboxylic acids is 3. The molecule has 2 N–H and O–H groups in total. The summed E-state index contributed by atoms with van der Waals surface area (Å²) in [5, 5.41) is 13.6. The highest BCUT2D eigenvalue weighted by molar-refractivity contribution is 6.04.